The number of aromatic nitrogens is 1. The second-order valence-corrected chi connectivity index (χ2v) is 6.68. The van der Waals surface area contributed by atoms with E-state index in [1.165, 1.54) is 0 Å². The summed E-state index contributed by atoms with van der Waals surface area (Å²) in [6.07, 6.45) is 1.84. The van der Waals surface area contributed by atoms with E-state index in [2.05, 4.69) is 35.0 Å². The summed E-state index contributed by atoms with van der Waals surface area (Å²) in [4.78, 5) is 0. The first kappa shape index (κ1) is 17.6. The molecule has 5 heteroatoms. The molecule has 0 aliphatic heterocycles. The lowest BCUT2D eigenvalue weighted by Crippen LogP contribution is -2.05. The van der Waals surface area contributed by atoms with Crippen LogP contribution in [0.4, 0.5) is 0 Å². The van der Waals surface area contributed by atoms with Crippen LogP contribution in [-0.4, -0.2) is 10.8 Å². The summed E-state index contributed by atoms with van der Waals surface area (Å²) in [5.74, 6) is 0. The van der Waals surface area contributed by atoms with Crippen molar-refractivity contribution in [2.75, 3.05) is 0 Å². The van der Waals surface area contributed by atoms with E-state index in [1.54, 1.807) is 0 Å². The predicted molar refractivity (Wildman–Crippen MR) is 106 cm³/mol. The van der Waals surface area contributed by atoms with Crippen molar-refractivity contribution in [3.05, 3.63) is 87.2 Å². The molecule has 1 heterocycles. The SMILES string of the molecule is Cc1cc(/C=N\NCc2ccc(Cl)cc2)c(C)n1-c1ccccc1Cl. The molecule has 2 aromatic carbocycles. The Morgan fingerprint density at radius 3 is 2.48 bits per heavy atom. The zero-order chi connectivity index (χ0) is 17.8. The standard InChI is InChI=1S/C20H19Cl2N3/c1-14-11-17(13-24-23-12-16-7-9-18(21)10-8-16)15(2)25(14)20-6-4-3-5-19(20)22/h3-11,13,23H,12H2,1-2H3/b24-13-. The molecule has 0 aliphatic rings. The number of nitrogens with one attached hydrogen (secondary N) is 1. The summed E-state index contributed by atoms with van der Waals surface area (Å²) in [5, 5.41) is 5.80. The molecule has 0 unspecified atom stereocenters. The molecule has 0 saturated heterocycles. The normalized spacial score (nSPS) is 11.2. The second-order valence-electron chi connectivity index (χ2n) is 5.83. The van der Waals surface area contributed by atoms with E-state index in [1.807, 2.05) is 54.7 Å². The van der Waals surface area contributed by atoms with Gasteiger partial charge in [-0.05, 0) is 49.7 Å². The first-order valence-electron chi connectivity index (χ1n) is 8.00. The van der Waals surface area contributed by atoms with E-state index in [0.29, 0.717) is 6.54 Å². The average molecular weight is 372 g/mol. The van der Waals surface area contributed by atoms with Crippen LogP contribution in [0.25, 0.3) is 5.69 Å². The highest BCUT2D eigenvalue weighted by Crippen LogP contribution is 2.25. The lowest BCUT2D eigenvalue weighted by atomic mass is 10.2. The zero-order valence-electron chi connectivity index (χ0n) is 14.1. The molecular formula is C20H19Cl2N3. The summed E-state index contributed by atoms with van der Waals surface area (Å²) in [7, 11) is 0. The van der Waals surface area contributed by atoms with Gasteiger partial charge in [-0.25, -0.2) is 0 Å². The Kier molecular flexibility index (Phi) is 5.47. The van der Waals surface area contributed by atoms with E-state index in [9.17, 15) is 0 Å². The van der Waals surface area contributed by atoms with Gasteiger partial charge in [0.15, 0.2) is 0 Å². The van der Waals surface area contributed by atoms with Gasteiger partial charge in [0.25, 0.3) is 0 Å². The number of hydrogen-bond acceptors (Lipinski definition) is 2. The van der Waals surface area contributed by atoms with Crippen molar-refractivity contribution in [1.82, 2.24) is 9.99 Å². The Bertz CT molecular complexity index is 896. The van der Waals surface area contributed by atoms with E-state index < -0.39 is 0 Å². The van der Waals surface area contributed by atoms with Gasteiger partial charge >= 0.3 is 0 Å². The smallest absolute Gasteiger partial charge is 0.0646 e. The molecule has 0 fully saturated rings. The number of nitrogens with zero attached hydrogens (tertiary/aromatic N) is 2. The Morgan fingerprint density at radius 2 is 1.76 bits per heavy atom. The highest BCUT2D eigenvalue weighted by atomic mass is 35.5. The maximum atomic E-state index is 6.34. The molecule has 0 bridgehead atoms. The lowest BCUT2D eigenvalue weighted by molar-refractivity contribution is 0.748. The second kappa shape index (κ2) is 7.77. The zero-order valence-corrected chi connectivity index (χ0v) is 15.6. The molecule has 1 N–H and O–H groups in total. The molecule has 25 heavy (non-hydrogen) atoms. The highest BCUT2D eigenvalue weighted by Gasteiger charge is 2.11. The van der Waals surface area contributed by atoms with Crippen LogP contribution in [0.3, 0.4) is 0 Å². The van der Waals surface area contributed by atoms with Gasteiger partial charge in [0.1, 0.15) is 0 Å². The third-order valence-electron chi connectivity index (χ3n) is 4.05. The third kappa shape index (κ3) is 4.06. The third-order valence-corrected chi connectivity index (χ3v) is 4.63. The van der Waals surface area contributed by atoms with E-state index in [4.69, 9.17) is 23.2 Å². The first-order chi connectivity index (χ1) is 12.1. The number of halogens is 2. The molecule has 128 valence electrons. The Hall–Kier alpha value is -2.23. The summed E-state index contributed by atoms with van der Waals surface area (Å²) in [6.45, 7) is 4.78. The van der Waals surface area contributed by atoms with Crippen molar-refractivity contribution < 1.29 is 0 Å². The maximum Gasteiger partial charge on any atom is 0.0646 e. The van der Waals surface area contributed by atoms with Crippen LogP contribution >= 0.6 is 23.2 Å². The number of benzene rings is 2. The Labute approximate surface area is 157 Å². The van der Waals surface area contributed by atoms with Crippen LogP contribution in [0, 0.1) is 13.8 Å². The van der Waals surface area contributed by atoms with Crippen molar-refractivity contribution in [3.8, 4) is 5.69 Å². The summed E-state index contributed by atoms with van der Waals surface area (Å²) >= 11 is 12.2. The molecule has 0 saturated carbocycles. The predicted octanol–water partition coefficient (Wildman–Crippen LogP) is 5.52. The van der Waals surface area contributed by atoms with Gasteiger partial charge in [-0.2, -0.15) is 5.10 Å². The van der Waals surface area contributed by atoms with Gasteiger partial charge in [-0.1, -0.05) is 47.5 Å². The molecule has 3 rings (SSSR count). The fraction of sp³-hybridized carbons (Fsp3) is 0.150. The van der Waals surface area contributed by atoms with Gasteiger partial charge in [0.05, 0.1) is 23.5 Å². The van der Waals surface area contributed by atoms with Crippen LogP contribution in [0.2, 0.25) is 10.0 Å². The van der Waals surface area contributed by atoms with Crippen LogP contribution in [-0.2, 0) is 6.54 Å². The molecular weight excluding hydrogens is 353 g/mol. The first-order valence-corrected chi connectivity index (χ1v) is 8.76. The maximum absolute atomic E-state index is 6.34. The highest BCUT2D eigenvalue weighted by molar-refractivity contribution is 6.32. The van der Waals surface area contributed by atoms with Crippen molar-refractivity contribution >= 4 is 29.4 Å². The molecule has 1 aromatic heterocycles. The molecule has 0 radical (unpaired) electrons. The van der Waals surface area contributed by atoms with Crippen molar-refractivity contribution in [2.45, 2.75) is 20.4 Å². The quantitative estimate of drug-likeness (QED) is 0.463. The molecule has 0 atom stereocenters. The van der Waals surface area contributed by atoms with Gasteiger partial charge in [-0.3, -0.25) is 0 Å². The minimum atomic E-state index is 0.650. The molecule has 0 spiro atoms. The van der Waals surface area contributed by atoms with Crippen LogP contribution in [0.1, 0.15) is 22.5 Å². The van der Waals surface area contributed by atoms with Gasteiger partial charge in [0.2, 0.25) is 0 Å². The molecule has 3 nitrogen and oxygen atoms in total. The largest absolute Gasteiger partial charge is 0.316 e. The fourth-order valence-corrected chi connectivity index (χ4v) is 3.12. The fourth-order valence-electron chi connectivity index (χ4n) is 2.78. The minimum Gasteiger partial charge on any atom is -0.316 e. The summed E-state index contributed by atoms with van der Waals surface area (Å²) in [6, 6.07) is 17.7. The summed E-state index contributed by atoms with van der Waals surface area (Å²) in [5.41, 5.74) is 8.45. The number of hydrogen-bond donors (Lipinski definition) is 1. The van der Waals surface area contributed by atoms with E-state index in [-0.39, 0.29) is 0 Å². The van der Waals surface area contributed by atoms with Crippen molar-refractivity contribution in [2.24, 2.45) is 5.10 Å². The van der Waals surface area contributed by atoms with Crippen molar-refractivity contribution in [1.29, 1.82) is 0 Å². The molecule has 3 aromatic rings. The number of para-hydroxylation sites is 1. The lowest BCUT2D eigenvalue weighted by Gasteiger charge is -2.11. The minimum absolute atomic E-state index is 0.650. The van der Waals surface area contributed by atoms with Gasteiger partial charge in [0, 0.05) is 22.0 Å². The van der Waals surface area contributed by atoms with Crippen LogP contribution in [0.5, 0.6) is 0 Å². The topological polar surface area (TPSA) is 29.3 Å². The van der Waals surface area contributed by atoms with Gasteiger partial charge < -0.3 is 9.99 Å². The molecule has 0 amide bonds. The monoisotopic (exact) mass is 371 g/mol. The van der Waals surface area contributed by atoms with E-state index in [0.717, 1.165) is 38.2 Å². The van der Waals surface area contributed by atoms with Gasteiger partial charge in [-0.15, -0.1) is 0 Å². The van der Waals surface area contributed by atoms with Crippen LogP contribution in [0.15, 0.2) is 59.7 Å². The summed E-state index contributed by atoms with van der Waals surface area (Å²) < 4.78 is 2.14. The number of aryl methyl sites for hydroxylation is 1. The average Bonchev–Trinajstić information content (AvgIpc) is 2.88. The van der Waals surface area contributed by atoms with Crippen molar-refractivity contribution in [3.63, 3.8) is 0 Å². The molecule has 0 aliphatic carbocycles. The Morgan fingerprint density at radius 1 is 1.04 bits per heavy atom. The number of hydrazone groups is 1. The van der Waals surface area contributed by atoms with Crippen LogP contribution < -0.4 is 5.43 Å². The van der Waals surface area contributed by atoms with E-state index >= 15 is 0 Å². The number of rotatable bonds is 5. The Balaban J connectivity index is 1.74.